The maximum absolute atomic E-state index is 13.0. The lowest BCUT2D eigenvalue weighted by Crippen LogP contribution is -2.38. The number of carbonyl (C=O) groups excluding carboxylic acids is 2. The number of aromatic amines is 1. The van der Waals surface area contributed by atoms with Crippen LogP contribution in [0.4, 0.5) is 18.0 Å². The molecule has 42 heavy (non-hydrogen) atoms. The third-order valence-electron chi connectivity index (χ3n) is 7.71. The normalized spacial score (nSPS) is 19.0. The summed E-state index contributed by atoms with van der Waals surface area (Å²) in [6.07, 6.45) is 0.902. The first kappa shape index (κ1) is 29.7. The van der Waals surface area contributed by atoms with Crippen LogP contribution >= 0.6 is 0 Å². The zero-order valence-electron chi connectivity index (χ0n) is 24.0. The van der Waals surface area contributed by atoms with Gasteiger partial charge in [-0.1, -0.05) is 6.42 Å². The number of alkyl halides is 3. The summed E-state index contributed by atoms with van der Waals surface area (Å²) in [5.74, 6) is 0.446. The Balaban J connectivity index is 1.25. The van der Waals surface area contributed by atoms with Gasteiger partial charge in [-0.3, -0.25) is 4.79 Å². The van der Waals surface area contributed by atoms with Crippen molar-refractivity contribution in [3.8, 4) is 5.75 Å². The molecule has 1 N–H and O–H groups in total. The predicted molar refractivity (Wildman–Crippen MR) is 149 cm³/mol. The van der Waals surface area contributed by atoms with Crippen molar-refractivity contribution in [2.75, 3.05) is 26.2 Å². The second-order valence-corrected chi connectivity index (χ2v) is 12.0. The molecule has 2 aromatic heterocycles. The Morgan fingerprint density at radius 1 is 0.929 bits per heavy atom. The lowest BCUT2D eigenvalue weighted by molar-refractivity contribution is -0.274. The molecule has 9 nitrogen and oxygen atoms in total. The Morgan fingerprint density at radius 2 is 1.64 bits per heavy atom. The number of halogens is 3. The zero-order chi connectivity index (χ0) is 30.1. The van der Waals surface area contributed by atoms with Gasteiger partial charge in [0.15, 0.2) is 5.65 Å². The maximum atomic E-state index is 13.0. The smallest absolute Gasteiger partial charge is 0.444 e. The van der Waals surface area contributed by atoms with Gasteiger partial charge < -0.3 is 24.3 Å². The van der Waals surface area contributed by atoms with E-state index in [1.807, 2.05) is 26.8 Å². The van der Waals surface area contributed by atoms with Crippen LogP contribution in [-0.2, 0) is 4.74 Å². The number of imidazole rings is 1. The molecular weight excluding hydrogens is 551 g/mol. The molecule has 2 amide bonds. The minimum atomic E-state index is -4.78. The van der Waals surface area contributed by atoms with Crippen molar-refractivity contribution in [2.45, 2.75) is 76.7 Å². The van der Waals surface area contributed by atoms with Gasteiger partial charge in [-0.2, -0.15) is 0 Å². The summed E-state index contributed by atoms with van der Waals surface area (Å²) in [7, 11) is 0. The van der Waals surface area contributed by atoms with Crippen molar-refractivity contribution in [3.05, 3.63) is 53.5 Å². The van der Waals surface area contributed by atoms with E-state index < -0.39 is 12.0 Å². The fourth-order valence-electron chi connectivity index (χ4n) is 5.71. The number of fused-ring (bicyclic) bond motifs is 1. The lowest BCUT2D eigenvalue weighted by atomic mass is 9.89. The van der Waals surface area contributed by atoms with Crippen LogP contribution in [0.5, 0.6) is 5.75 Å². The van der Waals surface area contributed by atoms with Crippen molar-refractivity contribution in [1.82, 2.24) is 24.8 Å². The predicted octanol–water partition coefficient (Wildman–Crippen LogP) is 6.38. The molecule has 1 unspecified atom stereocenters. The van der Waals surface area contributed by atoms with Gasteiger partial charge in [-0.05, 0) is 88.3 Å². The molecule has 2 aliphatic heterocycles. The number of aromatic nitrogens is 3. The van der Waals surface area contributed by atoms with Crippen LogP contribution in [0.2, 0.25) is 0 Å². The Hall–Kier alpha value is -3.83. The topological polar surface area (TPSA) is 101 Å². The molecule has 5 rings (SSSR count). The minimum Gasteiger partial charge on any atom is -0.444 e. The van der Waals surface area contributed by atoms with E-state index in [2.05, 4.69) is 14.7 Å². The highest BCUT2D eigenvalue weighted by atomic mass is 19.4. The van der Waals surface area contributed by atoms with Gasteiger partial charge in [-0.15, -0.1) is 13.2 Å². The van der Waals surface area contributed by atoms with E-state index in [1.165, 1.54) is 12.1 Å². The number of benzene rings is 1. The fourth-order valence-corrected chi connectivity index (χ4v) is 5.71. The van der Waals surface area contributed by atoms with Gasteiger partial charge in [0, 0.05) is 43.9 Å². The Kier molecular flexibility index (Phi) is 8.34. The van der Waals surface area contributed by atoms with Crippen LogP contribution in [0.25, 0.3) is 11.2 Å². The molecule has 2 aliphatic rings. The van der Waals surface area contributed by atoms with Crippen molar-refractivity contribution < 1.29 is 32.2 Å². The summed E-state index contributed by atoms with van der Waals surface area (Å²) >= 11 is 0. The van der Waals surface area contributed by atoms with E-state index in [4.69, 9.17) is 9.72 Å². The number of piperidine rings is 1. The van der Waals surface area contributed by atoms with Crippen LogP contribution in [0.3, 0.4) is 0 Å². The number of H-pyrrole nitrogens is 1. The van der Waals surface area contributed by atoms with Crippen molar-refractivity contribution in [2.24, 2.45) is 0 Å². The average molecular weight is 588 g/mol. The van der Waals surface area contributed by atoms with E-state index in [1.54, 1.807) is 16.0 Å². The summed E-state index contributed by atoms with van der Waals surface area (Å²) < 4.78 is 46.9. The van der Waals surface area contributed by atoms with E-state index >= 15 is 0 Å². The third kappa shape index (κ3) is 7.14. The fraction of sp³-hybridized carbons (Fsp3) is 0.533. The molecule has 0 radical (unpaired) electrons. The largest absolute Gasteiger partial charge is 0.573 e. The first-order valence-electron chi connectivity index (χ1n) is 14.3. The highest BCUT2D eigenvalue weighted by molar-refractivity contribution is 5.94. The number of hydrogen-bond donors (Lipinski definition) is 1. The molecule has 12 heteroatoms. The lowest BCUT2D eigenvalue weighted by Gasteiger charge is -2.32. The molecule has 1 atom stereocenters. The third-order valence-corrected chi connectivity index (χ3v) is 7.71. The number of carbonyl (C=O) groups is 2. The van der Waals surface area contributed by atoms with Gasteiger partial charge in [0.2, 0.25) is 0 Å². The number of hydrogen-bond acceptors (Lipinski definition) is 6. The quantitative estimate of drug-likeness (QED) is 0.380. The highest BCUT2D eigenvalue weighted by Gasteiger charge is 2.32. The number of amides is 2. The van der Waals surface area contributed by atoms with Crippen LogP contribution < -0.4 is 4.74 Å². The van der Waals surface area contributed by atoms with E-state index in [-0.39, 0.29) is 29.6 Å². The summed E-state index contributed by atoms with van der Waals surface area (Å²) in [5, 5.41) is 0. The summed E-state index contributed by atoms with van der Waals surface area (Å²) in [6, 6.07) is 7.00. The monoisotopic (exact) mass is 587 g/mol. The molecule has 0 saturated carbocycles. The van der Waals surface area contributed by atoms with E-state index in [0.29, 0.717) is 37.4 Å². The van der Waals surface area contributed by atoms with E-state index in [0.717, 1.165) is 61.1 Å². The summed E-state index contributed by atoms with van der Waals surface area (Å²) in [4.78, 5) is 42.1. The molecular formula is C30H36F3N5O4. The number of pyridine rings is 1. The Bertz CT molecular complexity index is 1410. The number of rotatable bonds is 4. The maximum Gasteiger partial charge on any atom is 0.573 e. The van der Waals surface area contributed by atoms with Crippen LogP contribution in [0.15, 0.2) is 36.5 Å². The molecule has 4 heterocycles. The number of ether oxygens (including phenoxy) is 2. The molecule has 0 aliphatic carbocycles. The number of likely N-dealkylation sites (tertiary alicyclic amines) is 2. The second kappa shape index (κ2) is 11.8. The molecule has 0 spiro atoms. The Morgan fingerprint density at radius 3 is 2.31 bits per heavy atom. The molecule has 226 valence electrons. The van der Waals surface area contributed by atoms with Gasteiger partial charge in [0.1, 0.15) is 17.2 Å². The second-order valence-electron chi connectivity index (χ2n) is 12.0. The van der Waals surface area contributed by atoms with Crippen molar-refractivity contribution in [3.63, 3.8) is 0 Å². The number of nitrogens with zero attached hydrogens (tertiary/aromatic N) is 4. The highest BCUT2D eigenvalue weighted by Crippen LogP contribution is 2.34. The SMILES string of the molecule is CC(C)(C)OC(=O)N1CCCCC(c2nc3nccc(C4CCN(C(=O)c5ccc(OC(F)(F)F)cc5)CC4)c3[nH]2)C1. The number of nitrogens with one attached hydrogen (secondary N) is 1. The molecule has 2 saturated heterocycles. The minimum absolute atomic E-state index is 0.0365. The summed E-state index contributed by atoms with van der Waals surface area (Å²) in [5.41, 5.74) is 2.36. The molecule has 1 aromatic carbocycles. The van der Waals surface area contributed by atoms with Crippen LogP contribution in [0.1, 0.15) is 86.5 Å². The molecule has 3 aromatic rings. The Labute approximate surface area is 242 Å². The van der Waals surface area contributed by atoms with Gasteiger partial charge in [0.05, 0.1) is 5.52 Å². The first-order chi connectivity index (χ1) is 19.9. The van der Waals surface area contributed by atoms with Crippen LogP contribution in [0, 0.1) is 0 Å². The van der Waals surface area contributed by atoms with Crippen molar-refractivity contribution >= 4 is 23.2 Å². The van der Waals surface area contributed by atoms with Gasteiger partial charge >= 0.3 is 12.5 Å². The zero-order valence-corrected chi connectivity index (χ0v) is 24.0. The molecule has 0 bridgehead atoms. The van der Waals surface area contributed by atoms with Gasteiger partial charge in [-0.25, -0.2) is 14.8 Å². The van der Waals surface area contributed by atoms with E-state index in [9.17, 15) is 22.8 Å². The van der Waals surface area contributed by atoms with Crippen LogP contribution in [-0.4, -0.2) is 74.9 Å². The first-order valence-corrected chi connectivity index (χ1v) is 14.3. The standard InChI is InChI=1S/C30H36F3N5O4/c1-29(2,3)42-28(40)38-15-5-4-6-21(18-38)25-35-24-23(11-14-34-26(24)36-25)19-12-16-37(17-13-19)27(39)20-7-9-22(10-8-20)41-30(31,32)33/h7-11,14,19,21H,4-6,12-13,15-18H2,1-3H3,(H,34,35,36). The molecule has 2 fully saturated rings. The van der Waals surface area contributed by atoms with Crippen molar-refractivity contribution in [1.29, 1.82) is 0 Å². The average Bonchev–Trinajstić information content (AvgIpc) is 3.21. The summed E-state index contributed by atoms with van der Waals surface area (Å²) in [6.45, 7) is 7.79. The van der Waals surface area contributed by atoms with Gasteiger partial charge in [0.25, 0.3) is 5.91 Å².